The molecule has 92 valence electrons. The fourth-order valence-corrected chi connectivity index (χ4v) is 3.00. The zero-order chi connectivity index (χ0) is 12.5. The highest BCUT2D eigenvalue weighted by Crippen LogP contribution is 2.29. The normalized spacial score (nSPS) is 19.1. The molecule has 1 fully saturated rings. The first-order chi connectivity index (χ1) is 7.98. The highest BCUT2D eigenvalue weighted by molar-refractivity contribution is 8.00. The summed E-state index contributed by atoms with van der Waals surface area (Å²) in [5, 5.41) is 0. The van der Waals surface area contributed by atoms with E-state index in [-0.39, 0.29) is 10.7 Å². The molecule has 2 heterocycles. The van der Waals surface area contributed by atoms with Gasteiger partial charge in [0.1, 0.15) is 5.69 Å². The monoisotopic (exact) mass is 251 g/mol. The number of hydrogen-bond acceptors (Lipinski definition) is 4. The summed E-state index contributed by atoms with van der Waals surface area (Å²) in [6.07, 6.45) is 1.52. The van der Waals surface area contributed by atoms with Gasteiger partial charge in [0.2, 0.25) is 0 Å². The Morgan fingerprint density at radius 2 is 2.29 bits per heavy atom. The van der Waals surface area contributed by atoms with Crippen LogP contribution in [0.3, 0.4) is 0 Å². The fourth-order valence-electron chi connectivity index (χ4n) is 1.88. The van der Waals surface area contributed by atoms with Crippen LogP contribution in [-0.2, 0) is 0 Å². The van der Waals surface area contributed by atoms with E-state index in [2.05, 4.69) is 18.8 Å². The van der Waals surface area contributed by atoms with Gasteiger partial charge in [-0.25, -0.2) is 4.98 Å². The molecule has 2 rings (SSSR count). The van der Waals surface area contributed by atoms with Crippen LogP contribution in [-0.4, -0.2) is 39.4 Å². The smallest absolute Gasteiger partial charge is 0.272 e. The fraction of sp³-hybridized carbons (Fsp3) is 0.500. The Bertz CT molecular complexity index is 416. The van der Waals surface area contributed by atoms with Crippen LogP contribution in [0.15, 0.2) is 18.3 Å². The van der Waals surface area contributed by atoms with Crippen LogP contribution < -0.4 is 5.73 Å². The van der Waals surface area contributed by atoms with Crippen molar-refractivity contribution in [2.24, 2.45) is 0 Å². The zero-order valence-electron chi connectivity index (χ0n) is 10.1. The minimum atomic E-state index is -0.00150. The molecule has 5 heteroatoms. The first-order valence-electron chi connectivity index (χ1n) is 5.63. The van der Waals surface area contributed by atoms with Gasteiger partial charge in [0.15, 0.2) is 0 Å². The van der Waals surface area contributed by atoms with E-state index in [1.807, 2.05) is 16.7 Å². The van der Waals surface area contributed by atoms with Crippen LogP contribution in [0.2, 0.25) is 0 Å². The van der Waals surface area contributed by atoms with Gasteiger partial charge in [0.05, 0.1) is 11.9 Å². The Balaban J connectivity index is 2.12. The number of carbonyl (C=O) groups is 1. The Morgan fingerprint density at radius 1 is 1.53 bits per heavy atom. The average Bonchev–Trinajstić information content (AvgIpc) is 2.28. The van der Waals surface area contributed by atoms with E-state index in [4.69, 9.17) is 5.73 Å². The second-order valence-electron chi connectivity index (χ2n) is 4.81. The molecule has 1 aliphatic heterocycles. The molecule has 0 bridgehead atoms. The Hall–Kier alpha value is -1.23. The van der Waals surface area contributed by atoms with Crippen molar-refractivity contribution in [3.05, 3.63) is 24.0 Å². The van der Waals surface area contributed by atoms with Crippen molar-refractivity contribution in [3.8, 4) is 0 Å². The Kier molecular flexibility index (Phi) is 3.28. The number of thioether (sulfide) groups is 1. The largest absolute Gasteiger partial charge is 0.397 e. The maximum absolute atomic E-state index is 12.2. The summed E-state index contributed by atoms with van der Waals surface area (Å²) in [6.45, 7) is 5.88. The minimum Gasteiger partial charge on any atom is -0.397 e. The minimum absolute atomic E-state index is 0.00150. The summed E-state index contributed by atoms with van der Waals surface area (Å²) in [4.78, 5) is 18.2. The number of aromatic nitrogens is 1. The van der Waals surface area contributed by atoms with Gasteiger partial charge in [-0.1, -0.05) is 0 Å². The van der Waals surface area contributed by atoms with E-state index >= 15 is 0 Å². The molecule has 0 radical (unpaired) electrons. The van der Waals surface area contributed by atoms with Crippen molar-refractivity contribution < 1.29 is 4.79 Å². The lowest BCUT2D eigenvalue weighted by molar-refractivity contribution is 0.0742. The van der Waals surface area contributed by atoms with Crippen molar-refractivity contribution in [1.82, 2.24) is 9.88 Å². The Morgan fingerprint density at radius 3 is 2.88 bits per heavy atom. The van der Waals surface area contributed by atoms with Crippen molar-refractivity contribution >= 4 is 23.4 Å². The van der Waals surface area contributed by atoms with E-state index in [1.54, 1.807) is 12.1 Å². The lowest BCUT2D eigenvalue weighted by atomic mass is 10.1. The number of carbonyl (C=O) groups excluding carboxylic acids is 1. The van der Waals surface area contributed by atoms with Crippen LogP contribution in [0.4, 0.5) is 5.69 Å². The van der Waals surface area contributed by atoms with Gasteiger partial charge in [0, 0.05) is 23.6 Å². The van der Waals surface area contributed by atoms with E-state index in [1.165, 1.54) is 6.20 Å². The number of nitrogens with zero attached hydrogens (tertiary/aromatic N) is 2. The van der Waals surface area contributed by atoms with Crippen molar-refractivity contribution in [2.75, 3.05) is 24.6 Å². The molecule has 2 N–H and O–H groups in total. The van der Waals surface area contributed by atoms with Crippen LogP contribution in [0.1, 0.15) is 24.3 Å². The third kappa shape index (κ3) is 2.91. The summed E-state index contributed by atoms with van der Waals surface area (Å²) in [6, 6.07) is 3.40. The van der Waals surface area contributed by atoms with Crippen LogP contribution in [0, 0.1) is 0 Å². The predicted molar refractivity (Wildman–Crippen MR) is 71.1 cm³/mol. The third-order valence-electron chi connectivity index (χ3n) is 2.72. The third-order valence-corrected chi connectivity index (χ3v) is 4.02. The topological polar surface area (TPSA) is 59.2 Å². The molecule has 0 aromatic carbocycles. The number of nitrogen functional groups attached to an aromatic ring is 1. The molecule has 0 saturated carbocycles. The number of rotatable bonds is 1. The SMILES string of the molecule is CC1(C)CN(C(=O)c2ccc(N)cn2)CCS1. The predicted octanol–water partition coefficient (Wildman–Crippen LogP) is 1.63. The lowest BCUT2D eigenvalue weighted by Gasteiger charge is -2.37. The molecule has 1 aromatic rings. The van der Waals surface area contributed by atoms with Gasteiger partial charge >= 0.3 is 0 Å². The van der Waals surface area contributed by atoms with Gasteiger partial charge in [-0.3, -0.25) is 4.79 Å². The summed E-state index contributed by atoms with van der Waals surface area (Å²) < 4.78 is 0.127. The standard InChI is InChI=1S/C12H17N3OS/c1-12(2)8-15(5-6-17-12)11(16)10-4-3-9(13)7-14-10/h3-4,7H,5-6,8,13H2,1-2H3. The molecule has 1 aromatic heterocycles. The molecule has 0 aliphatic carbocycles. The molecule has 4 nitrogen and oxygen atoms in total. The molecule has 1 amide bonds. The second kappa shape index (κ2) is 4.56. The molecule has 0 spiro atoms. The Labute approximate surface area is 106 Å². The number of amides is 1. The average molecular weight is 251 g/mol. The van der Waals surface area contributed by atoms with Gasteiger partial charge in [-0.2, -0.15) is 11.8 Å². The van der Waals surface area contributed by atoms with E-state index in [0.717, 1.165) is 18.8 Å². The number of anilines is 1. The molecule has 17 heavy (non-hydrogen) atoms. The van der Waals surface area contributed by atoms with Gasteiger partial charge < -0.3 is 10.6 Å². The van der Waals surface area contributed by atoms with Gasteiger partial charge in [-0.15, -0.1) is 0 Å². The first-order valence-corrected chi connectivity index (χ1v) is 6.61. The van der Waals surface area contributed by atoms with Crippen molar-refractivity contribution in [1.29, 1.82) is 0 Å². The first kappa shape index (κ1) is 12.2. The molecular formula is C12H17N3OS. The van der Waals surface area contributed by atoms with Gasteiger partial charge in [0.25, 0.3) is 5.91 Å². The quantitative estimate of drug-likeness (QED) is 0.824. The van der Waals surface area contributed by atoms with E-state index in [0.29, 0.717) is 11.4 Å². The van der Waals surface area contributed by atoms with Crippen LogP contribution >= 0.6 is 11.8 Å². The number of pyridine rings is 1. The molecule has 1 aliphatic rings. The van der Waals surface area contributed by atoms with E-state index < -0.39 is 0 Å². The summed E-state index contributed by atoms with van der Waals surface area (Å²) in [7, 11) is 0. The van der Waals surface area contributed by atoms with Crippen LogP contribution in [0.25, 0.3) is 0 Å². The summed E-state index contributed by atoms with van der Waals surface area (Å²) in [5.41, 5.74) is 6.61. The molecular weight excluding hydrogens is 234 g/mol. The highest BCUT2D eigenvalue weighted by atomic mass is 32.2. The molecule has 0 atom stereocenters. The molecule has 0 unspecified atom stereocenters. The zero-order valence-corrected chi connectivity index (χ0v) is 11.0. The van der Waals surface area contributed by atoms with E-state index in [9.17, 15) is 4.79 Å². The summed E-state index contributed by atoms with van der Waals surface area (Å²) in [5.74, 6) is 0.978. The summed E-state index contributed by atoms with van der Waals surface area (Å²) >= 11 is 1.90. The molecule has 1 saturated heterocycles. The number of hydrogen-bond donors (Lipinski definition) is 1. The lowest BCUT2D eigenvalue weighted by Crippen LogP contribution is -2.46. The second-order valence-corrected chi connectivity index (χ2v) is 6.61. The maximum atomic E-state index is 12.2. The van der Waals surface area contributed by atoms with Crippen LogP contribution in [0.5, 0.6) is 0 Å². The number of nitrogens with two attached hydrogens (primary N) is 1. The van der Waals surface area contributed by atoms with Crippen molar-refractivity contribution in [2.45, 2.75) is 18.6 Å². The maximum Gasteiger partial charge on any atom is 0.272 e. The highest BCUT2D eigenvalue weighted by Gasteiger charge is 2.30. The van der Waals surface area contributed by atoms with Gasteiger partial charge in [-0.05, 0) is 26.0 Å². The van der Waals surface area contributed by atoms with Crippen molar-refractivity contribution in [3.63, 3.8) is 0 Å².